The van der Waals surface area contributed by atoms with E-state index in [1.165, 1.54) is 10.8 Å². The molecule has 0 aliphatic rings. The summed E-state index contributed by atoms with van der Waals surface area (Å²) in [5.41, 5.74) is 3.47. The van der Waals surface area contributed by atoms with Crippen molar-refractivity contribution in [3.8, 4) is 11.8 Å². The molecule has 0 unspecified atom stereocenters. The zero-order valence-corrected chi connectivity index (χ0v) is 16.4. The topological polar surface area (TPSA) is 54.6 Å². The average molecular weight is 392 g/mol. The highest BCUT2D eigenvalue weighted by Gasteiger charge is 2.02. The third-order valence-corrected chi connectivity index (χ3v) is 4.79. The smallest absolute Gasteiger partial charge is 0.143 e. The maximum atomic E-state index is 9.09. The molecule has 0 spiro atoms. The predicted octanol–water partition coefficient (Wildman–Crippen LogP) is 5.84. The first-order valence-electron chi connectivity index (χ1n) is 9.66. The molecule has 4 heteroatoms. The van der Waals surface area contributed by atoms with Gasteiger partial charge in [-0.05, 0) is 52.2 Å². The molecule has 0 aliphatic carbocycles. The van der Waals surface area contributed by atoms with E-state index in [9.17, 15) is 0 Å². The fourth-order valence-electron chi connectivity index (χ4n) is 3.19. The molecule has 0 N–H and O–H groups in total. The highest BCUT2D eigenvalue weighted by molar-refractivity contribution is 5.85. The minimum absolute atomic E-state index is 0.256. The number of benzene rings is 4. The summed E-state index contributed by atoms with van der Waals surface area (Å²) in [6.07, 6.45) is 1.64. The monoisotopic (exact) mass is 392 g/mol. The zero-order chi connectivity index (χ0) is 20.6. The minimum Gasteiger partial charge on any atom is -0.489 e. The van der Waals surface area contributed by atoms with Crippen LogP contribution in [0.25, 0.3) is 10.8 Å². The van der Waals surface area contributed by atoms with Crippen LogP contribution in [0.2, 0.25) is 0 Å². The van der Waals surface area contributed by atoms with Crippen LogP contribution >= 0.6 is 0 Å². The lowest BCUT2D eigenvalue weighted by Gasteiger charge is -2.09. The fourth-order valence-corrected chi connectivity index (χ4v) is 3.19. The molecule has 0 saturated heterocycles. The Bertz CT molecular complexity index is 1200. The number of hydrogen-bond acceptors (Lipinski definition) is 4. The first-order valence-corrected chi connectivity index (χ1v) is 9.66. The Balaban J connectivity index is 1.33. The van der Waals surface area contributed by atoms with E-state index in [1.807, 2.05) is 54.6 Å². The molecular weight excluding hydrogens is 372 g/mol. The average Bonchev–Trinajstić information content (AvgIpc) is 2.81. The van der Waals surface area contributed by atoms with Gasteiger partial charge in [-0.15, -0.1) is 0 Å². The van der Waals surface area contributed by atoms with Crippen LogP contribution in [0.3, 0.4) is 0 Å². The van der Waals surface area contributed by atoms with Crippen molar-refractivity contribution in [3.05, 3.63) is 113 Å². The minimum atomic E-state index is 0.256. The van der Waals surface area contributed by atoms with Crippen molar-refractivity contribution in [2.75, 3.05) is 0 Å². The van der Waals surface area contributed by atoms with Gasteiger partial charge in [0.25, 0.3) is 0 Å². The molecule has 4 nitrogen and oxygen atoms in total. The van der Waals surface area contributed by atoms with Crippen molar-refractivity contribution < 1.29 is 9.57 Å². The lowest BCUT2D eigenvalue weighted by molar-refractivity contribution is 0.132. The molecule has 0 saturated carbocycles. The number of hydrogen-bond donors (Lipinski definition) is 0. The third-order valence-electron chi connectivity index (χ3n) is 4.79. The van der Waals surface area contributed by atoms with E-state index >= 15 is 0 Å². The Morgan fingerprint density at radius 3 is 2.37 bits per heavy atom. The number of rotatable bonds is 7. The number of fused-ring (bicyclic) bond motifs is 1. The number of nitriles is 1. The molecule has 0 heterocycles. The zero-order valence-electron chi connectivity index (χ0n) is 16.4. The van der Waals surface area contributed by atoms with Crippen LogP contribution in [0.1, 0.15) is 22.3 Å². The lowest BCUT2D eigenvalue weighted by Crippen LogP contribution is -1.96. The predicted molar refractivity (Wildman–Crippen MR) is 118 cm³/mol. The van der Waals surface area contributed by atoms with E-state index in [2.05, 4.69) is 41.6 Å². The maximum Gasteiger partial charge on any atom is 0.143 e. The van der Waals surface area contributed by atoms with Crippen molar-refractivity contribution in [3.63, 3.8) is 0 Å². The van der Waals surface area contributed by atoms with Crippen molar-refractivity contribution in [1.82, 2.24) is 0 Å². The Morgan fingerprint density at radius 2 is 1.50 bits per heavy atom. The highest BCUT2D eigenvalue weighted by atomic mass is 16.6. The molecule has 0 aromatic heterocycles. The van der Waals surface area contributed by atoms with E-state index in [0.29, 0.717) is 12.2 Å². The van der Waals surface area contributed by atoms with Gasteiger partial charge in [-0.25, -0.2) is 0 Å². The van der Waals surface area contributed by atoms with Crippen molar-refractivity contribution >= 4 is 17.0 Å². The summed E-state index contributed by atoms with van der Waals surface area (Å²) in [6, 6.07) is 31.7. The van der Waals surface area contributed by atoms with Crippen molar-refractivity contribution in [1.29, 1.82) is 5.26 Å². The van der Waals surface area contributed by atoms with Crippen LogP contribution in [-0.4, -0.2) is 6.21 Å². The summed E-state index contributed by atoms with van der Waals surface area (Å²) >= 11 is 0. The summed E-state index contributed by atoms with van der Waals surface area (Å²) < 4.78 is 5.96. The van der Waals surface area contributed by atoms with Gasteiger partial charge in [0.05, 0.1) is 17.8 Å². The van der Waals surface area contributed by atoms with Crippen molar-refractivity contribution in [2.24, 2.45) is 5.16 Å². The van der Waals surface area contributed by atoms with Gasteiger partial charge in [-0.2, -0.15) is 5.26 Å². The largest absolute Gasteiger partial charge is 0.489 e. The van der Waals surface area contributed by atoms with Crippen LogP contribution in [0.15, 0.2) is 96.2 Å². The Hall–Kier alpha value is -4.10. The standard InChI is InChI=1S/C26H20N2O2/c27-16-22-7-1-2-8-23(22)19-30-28-17-20-12-14-25(15-13-20)29-18-24-10-5-9-21-6-3-4-11-26(21)24/h1-15,17H,18-19H2/b28-17-. The molecule has 4 aromatic carbocycles. The van der Waals surface area contributed by atoms with E-state index in [0.717, 1.165) is 22.4 Å². The Labute approximate surface area is 175 Å². The molecule has 0 bridgehead atoms. The molecule has 0 fully saturated rings. The summed E-state index contributed by atoms with van der Waals surface area (Å²) in [5, 5.41) is 15.5. The van der Waals surface area contributed by atoms with E-state index in [-0.39, 0.29) is 6.61 Å². The molecule has 30 heavy (non-hydrogen) atoms. The molecule has 0 atom stereocenters. The van der Waals surface area contributed by atoms with Gasteiger partial charge in [-0.3, -0.25) is 0 Å². The second-order valence-electron chi connectivity index (χ2n) is 6.77. The maximum absolute atomic E-state index is 9.09. The summed E-state index contributed by atoms with van der Waals surface area (Å²) in [6.45, 7) is 0.767. The molecule has 0 aliphatic heterocycles. The number of ether oxygens (including phenoxy) is 1. The Morgan fingerprint density at radius 1 is 0.767 bits per heavy atom. The van der Waals surface area contributed by atoms with Gasteiger partial charge in [0.15, 0.2) is 0 Å². The Kier molecular flexibility index (Phi) is 6.02. The normalized spacial score (nSPS) is 10.8. The van der Waals surface area contributed by atoms with Crippen LogP contribution in [0.5, 0.6) is 5.75 Å². The second-order valence-corrected chi connectivity index (χ2v) is 6.77. The van der Waals surface area contributed by atoms with Crippen LogP contribution in [0, 0.1) is 11.3 Å². The van der Waals surface area contributed by atoms with E-state index < -0.39 is 0 Å². The van der Waals surface area contributed by atoms with Gasteiger partial charge < -0.3 is 9.57 Å². The van der Waals surface area contributed by atoms with Crippen molar-refractivity contribution in [2.45, 2.75) is 13.2 Å². The first-order chi connectivity index (χ1) is 14.8. The summed E-state index contributed by atoms with van der Waals surface area (Å²) in [4.78, 5) is 5.33. The van der Waals surface area contributed by atoms with Gasteiger partial charge in [-0.1, -0.05) is 65.8 Å². The molecule has 4 rings (SSSR count). The molecule has 4 aromatic rings. The SMILES string of the molecule is N#Cc1ccccc1CO/N=C\c1ccc(OCc2cccc3ccccc23)cc1. The first kappa shape index (κ1) is 19.2. The highest BCUT2D eigenvalue weighted by Crippen LogP contribution is 2.21. The van der Waals surface area contributed by atoms with Gasteiger partial charge in [0, 0.05) is 5.56 Å². The second kappa shape index (κ2) is 9.40. The molecular formula is C26H20N2O2. The number of oxime groups is 1. The third kappa shape index (κ3) is 4.65. The quantitative estimate of drug-likeness (QED) is 0.293. The van der Waals surface area contributed by atoms with Gasteiger partial charge in [0.2, 0.25) is 0 Å². The number of nitrogens with zero attached hydrogens (tertiary/aromatic N) is 2. The molecule has 0 radical (unpaired) electrons. The summed E-state index contributed by atoms with van der Waals surface area (Å²) in [7, 11) is 0. The summed E-state index contributed by atoms with van der Waals surface area (Å²) in [5.74, 6) is 0.795. The van der Waals surface area contributed by atoms with Crippen LogP contribution in [0.4, 0.5) is 0 Å². The van der Waals surface area contributed by atoms with Crippen LogP contribution in [-0.2, 0) is 18.1 Å². The van der Waals surface area contributed by atoms with Crippen LogP contribution < -0.4 is 4.74 Å². The van der Waals surface area contributed by atoms with Gasteiger partial charge >= 0.3 is 0 Å². The fraction of sp³-hybridized carbons (Fsp3) is 0.0769. The van der Waals surface area contributed by atoms with E-state index in [1.54, 1.807) is 12.3 Å². The molecule has 0 amide bonds. The van der Waals surface area contributed by atoms with Gasteiger partial charge in [0.1, 0.15) is 19.0 Å². The van der Waals surface area contributed by atoms with E-state index in [4.69, 9.17) is 14.8 Å². The molecule has 146 valence electrons. The lowest BCUT2D eigenvalue weighted by atomic mass is 10.1.